The number of rotatable bonds is 6. The molecule has 2 fully saturated rings. The van der Waals surface area contributed by atoms with E-state index in [0.717, 1.165) is 24.8 Å². The predicted molar refractivity (Wildman–Crippen MR) is 88.0 cm³/mol. The number of carbonyl (C=O) groups is 2. The summed E-state index contributed by atoms with van der Waals surface area (Å²) in [6.07, 6.45) is 6.32. The van der Waals surface area contributed by atoms with Gasteiger partial charge in [0.05, 0.1) is 23.9 Å². The molecule has 0 bridgehead atoms. The van der Waals surface area contributed by atoms with E-state index in [9.17, 15) is 9.59 Å². The van der Waals surface area contributed by atoms with Crippen molar-refractivity contribution in [3.63, 3.8) is 0 Å². The molecule has 1 aliphatic heterocycles. The van der Waals surface area contributed by atoms with Gasteiger partial charge in [-0.05, 0) is 38.2 Å². The van der Waals surface area contributed by atoms with Crippen molar-refractivity contribution < 1.29 is 24.2 Å². The number of hydrogen-bond acceptors (Lipinski definition) is 5. The molecule has 1 aromatic heterocycles. The molecule has 3 atom stereocenters. The molecule has 138 valence electrons. The molecule has 0 spiro atoms. The number of carboxylic acid groups (broad SMARTS) is 1. The Morgan fingerprint density at radius 2 is 2.24 bits per heavy atom. The molecule has 0 radical (unpaired) electrons. The highest BCUT2D eigenvalue weighted by Crippen LogP contribution is 2.43. The van der Waals surface area contributed by atoms with Gasteiger partial charge in [-0.15, -0.1) is 0 Å². The Labute approximate surface area is 146 Å². The SMILES string of the molecule is CO[C@@]12CC[C@@H](OCC(=O)O)C[C@@H]1N(C(=O)Cn1cc(C)cn1)CC2. The lowest BCUT2D eigenvalue weighted by Crippen LogP contribution is -2.53. The molecule has 8 heteroatoms. The second kappa shape index (κ2) is 7.13. The number of carbonyl (C=O) groups excluding carboxylic acids is 1. The summed E-state index contributed by atoms with van der Waals surface area (Å²) in [6.45, 7) is 2.47. The largest absolute Gasteiger partial charge is 0.480 e. The molecule has 1 aromatic rings. The van der Waals surface area contributed by atoms with Gasteiger partial charge in [0.15, 0.2) is 0 Å². The number of methoxy groups -OCH3 is 1. The van der Waals surface area contributed by atoms with Gasteiger partial charge in [-0.2, -0.15) is 5.10 Å². The maximum Gasteiger partial charge on any atom is 0.329 e. The number of aliphatic carboxylic acids is 1. The number of aryl methyl sites for hydroxylation is 1. The van der Waals surface area contributed by atoms with Gasteiger partial charge in [-0.3, -0.25) is 9.48 Å². The third kappa shape index (κ3) is 3.69. The smallest absolute Gasteiger partial charge is 0.329 e. The Balaban J connectivity index is 1.69. The molecule has 1 saturated carbocycles. The molecule has 25 heavy (non-hydrogen) atoms. The van der Waals surface area contributed by atoms with Crippen LogP contribution in [0.2, 0.25) is 0 Å². The van der Waals surface area contributed by atoms with E-state index < -0.39 is 5.97 Å². The van der Waals surface area contributed by atoms with Crippen LogP contribution in [0.5, 0.6) is 0 Å². The lowest BCUT2D eigenvalue weighted by Gasteiger charge is -2.43. The van der Waals surface area contributed by atoms with Crippen molar-refractivity contribution in [2.45, 2.75) is 56.9 Å². The topological polar surface area (TPSA) is 93.9 Å². The second-order valence-electron chi connectivity index (χ2n) is 6.94. The van der Waals surface area contributed by atoms with Gasteiger partial charge >= 0.3 is 5.97 Å². The zero-order valence-electron chi connectivity index (χ0n) is 14.7. The summed E-state index contributed by atoms with van der Waals surface area (Å²) in [5.74, 6) is -0.970. The third-order valence-electron chi connectivity index (χ3n) is 5.36. The third-order valence-corrected chi connectivity index (χ3v) is 5.36. The van der Waals surface area contributed by atoms with Gasteiger partial charge in [0.2, 0.25) is 5.91 Å². The molecular formula is C17H25N3O5. The molecule has 1 N–H and O–H groups in total. The van der Waals surface area contributed by atoms with Gasteiger partial charge in [-0.25, -0.2) is 4.79 Å². The number of ether oxygens (including phenoxy) is 2. The standard InChI is InChI=1S/C17H25N3O5/c1-12-8-18-19(9-12)10-15(21)20-6-5-17(24-2)4-3-13(7-14(17)20)25-11-16(22)23/h8-9,13-14H,3-7,10-11H2,1-2H3,(H,22,23)/t13-,14+,17-/m1/s1. The number of amides is 1. The van der Waals surface area contributed by atoms with Gasteiger partial charge in [0.25, 0.3) is 0 Å². The molecule has 1 saturated heterocycles. The summed E-state index contributed by atoms with van der Waals surface area (Å²) in [5, 5.41) is 13.0. The molecule has 2 aliphatic rings. The fourth-order valence-corrected chi connectivity index (χ4v) is 4.08. The maximum atomic E-state index is 12.8. The first kappa shape index (κ1) is 17.9. The van der Waals surface area contributed by atoms with E-state index in [1.165, 1.54) is 0 Å². The first-order valence-electron chi connectivity index (χ1n) is 8.60. The molecule has 1 aliphatic carbocycles. The molecule has 1 amide bonds. The first-order chi connectivity index (χ1) is 11.9. The zero-order valence-corrected chi connectivity index (χ0v) is 14.7. The fourth-order valence-electron chi connectivity index (χ4n) is 4.08. The number of aromatic nitrogens is 2. The number of hydrogen-bond donors (Lipinski definition) is 1. The molecule has 8 nitrogen and oxygen atoms in total. The molecule has 3 rings (SSSR count). The van der Waals surface area contributed by atoms with E-state index in [0.29, 0.717) is 13.0 Å². The minimum Gasteiger partial charge on any atom is -0.480 e. The highest BCUT2D eigenvalue weighted by molar-refractivity contribution is 5.77. The Bertz CT molecular complexity index is 646. The summed E-state index contributed by atoms with van der Waals surface area (Å²) < 4.78 is 12.9. The van der Waals surface area contributed by atoms with Crippen molar-refractivity contribution in [1.29, 1.82) is 0 Å². The number of nitrogens with zero attached hydrogens (tertiary/aromatic N) is 3. The van der Waals surface area contributed by atoms with E-state index in [1.807, 2.05) is 18.0 Å². The van der Waals surface area contributed by atoms with Crippen LogP contribution in [0.15, 0.2) is 12.4 Å². The number of carboxylic acids is 1. The van der Waals surface area contributed by atoms with Crippen LogP contribution in [-0.2, 0) is 25.6 Å². The molecular weight excluding hydrogens is 326 g/mol. The van der Waals surface area contributed by atoms with E-state index in [-0.39, 0.29) is 36.8 Å². The number of likely N-dealkylation sites (tertiary alicyclic amines) is 1. The summed E-state index contributed by atoms with van der Waals surface area (Å²) in [4.78, 5) is 25.4. The first-order valence-corrected chi connectivity index (χ1v) is 8.60. The Morgan fingerprint density at radius 3 is 2.88 bits per heavy atom. The van der Waals surface area contributed by atoms with E-state index in [1.54, 1.807) is 18.0 Å². The fraction of sp³-hybridized carbons (Fsp3) is 0.706. The average Bonchev–Trinajstić information content (AvgIpc) is 3.16. The molecule has 0 unspecified atom stereocenters. The van der Waals surface area contributed by atoms with Crippen LogP contribution in [-0.4, -0.2) is 69.7 Å². The highest BCUT2D eigenvalue weighted by Gasteiger charge is 2.52. The van der Waals surface area contributed by atoms with Crippen molar-refractivity contribution in [3.8, 4) is 0 Å². The molecule has 2 heterocycles. The van der Waals surface area contributed by atoms with Crippen LogP contribution >= 0.6 is 0 Å². The van der Waals surface area contributed by atoms with Crippen molar-refractivity contribution in [2.24, 2.45) is 0 Å². The van der Waals surface area contributed by atoms with Gasteiger partial charge in [0, 0.05) is 19.9 Å². The zero-order chi connectivity index (χ0) is 18.0. The Morgan fingerprint density at radius 1 is 1.44 bits per heavy atom. The lowest BCUT2D eigenvalue weighted by atomic mass is 9.79. The summed E-state index contributed by atoms with van der Waals surface area (Å²) in [7, 11) is 1.69. The van der Waals surface area contributed by atoms with Crippen molar-refractivity contribution in [3.05, 3.63) is 18.0 Å². The van der Waals surface area contributed by atoms with Gasteiger partial charge in [-0.1, -0.05) is 0 Å². The Hall–Kier alpha value is -1.93. The van der Waals surface area contributed by atoms with E-state index in [4.69, 9.17) is 14.6 Å². The van der Waals surface area contributed by atoms with Crippen molar-refractivity contribution in [1.82, 2.24) is 14.7 Å². The minimum atomic E-state index is -0.975. The second-order valence-corrected chi connectivity index (χ2v) is 6.94. The normalized spacial score (nSPS) is 28.8. The number of fused-ring (bicyclic) bond motifs is 1. The summed E-state index contributed by atoms with van der Waals surface area (Å²) in [5.41, 5.74) is 0.666. The molecule has 0 aromatic carbocycles. The lowest BCUT2D eigenvalue weighted by molar-refractivity contribution is -0.152. The maximum absolute atomic E-state index is 12.8. The monoisotopic (exact) mass is 351 g/mol. The van der Waals surface area contributed by atoms with Crippen LogP contribution in [0.1, 0.15) is 31.2 Å². The van der Waals surface area contributed by atoms with Crippen LogP contribution in [0.3, 0.4) is 0 Å². The van der Waals surface area contributed by atoms with Crippen LogP contribution < -0.4 is 0 Å². The highest BCUT2D eigenvalue weighted by atomic mass is 16.5. The van der Waals surface area contributed by atoms with Crippen LogP contribution in [0, 0.1) is 6.92 Å². The van der Waals surface area contributed by atoms with Crippen LogP contribution in [0.4, 0.5) is 0 Å². The van der Waals surface area contributed by atoms with Gasteiger partial charge in [0.1, 0.15) is 13.2 Å². The predicted octanol–water partition coefficient (Wildman–Crippen LogP) is 0.831. The Kier molecular flexibility index (Phi) is 5.10. The van der Waals surface area contributed by atoms with Crippen molar-refractivity contribution in [2.75, 3.05) is 20.3 Å². The van der Waals surface area contributed by atoms with E-state index in [2.05, 4.69) is 5.10 Å². The van der Waals surface area contributed by atoms with Crippen molar-refractivity contribution >= 4 is 11.9 Å². The average molecular weight is 351 g/mol. The minimum absolute atomic E-state index is 0.00547. The summed E-state index contributed by atoms with van der Waals surface area (Å²) in [6, 6.07) is -0.0887. The van der Waals surface area contributed by atoms with E-state index >= 15 is 0 Å². The van der Waals surface area contributed by atoms with Gasteiger partial charge < -0.3 is 19.5 Å². The summed E-state index contributed by atoms with van der Waals surface area (Å²) >= 11 is 0. The quantitative estimate of drug-likeness (QED) is 0.816. The van der Waals surface area contributed by atoms with Crippen LogP contribution in [0.25, 0.3) is 0 Å².